The van der Waals surface area contributed by atoms with Gasteiger partial charge in [0, 0.05) is 0 Å². The van der Waals surface area contributed by atoms with Gasteiger partial charge in [-0.25, -0.2) is 4.39 Å². The van der Waals surface area contributed by atoms with Crippen LogP contribution in [0.1, 0.15) is 116 Å². The first-order valence-electron chi connectivity index (χ1n) is 13.6. The van der Waals surface area contributed by atoms with Crippen molar-refractivity contribution in [1.82, 2.24) is 0 Å². The summed E-state index contributed by atoms with van der Waals surface area (Å²) < 4.78 is 19.9. The van der Waals surface area contributed by atoms with E-state index < -0.39 is 5.82 Å². The molecule has 0 heterocycles. The fourth-order valence-electron chi connectivity index (χ4n) is 6.01. The van der Waals surface area contributed by atoms with Gasteiger partial charge >= 0.3 is 5.97 Å². The van der Waals surface area contributed by atoms with Crippen LogP contribution in [0.15, 0.2) is 18.2 Å². The molecule has 0 unspecified atom stereocenters. The van der Waals surface area contributed by atoms with E-state index in [-0.39, 0.29) is 17.6 Å². The third-order valence-electron chi connectivity index (χ3n) is 8.16. The van der Waals surface area contributed by atoms with Crippen LogP contribution < -0.4 is 4.74 Å². The average molecular weight is 445 g/mol. The van der Waals surface area contributed by atoms with Crippen molar-refractivity contribution in [3.63, 3.8) is 0 Å². The monoisotopic (exact) mass is 444 g/mol. The van der Waals surface area contributed by atoms with E-state index in [0.29, 0.717) is 0 Å². The number of hydrogen-bond donors (Lipinski definition) is 0. The molecule has 2 aliphatic rings. The Bertz CT molecular complexity index is 684. The van der Waals surface area contributed by atoms with Crippen molar-refractivity contribution >= 4 is 5.97 Å². The Morgan fingerprint density at radius 1 is 0.875 bits per heavy atom. The molecule has 32 heavy (non-hydrogen) atoms. The van der Waals surface area contributed by atoms with Crippen LogP contribution in [0.4, 0.5) is 4.39 Å². The van der Waals surface area contributed by atoms with Gasteiger partial charge in [0.1, 0.15) is 0 Å². The Morgan fingerprint density at radius 2 is 1.50 bits per heavy atom. The highest BCUT2D eigenvalue weighted by Gasteiger charge is 2.33. The molecule has 0 N–H and O–H groups in total. The molecule has 3 heteroatoms. The molecular weight excluding hydrogens is 399 g/mol. The largest absolute Gasteiger partial charge is 0.423 e. The Hall–Kier alpha value is -1.38. The molecule has 1 aromatic rings. The number of unbranched alkanes of at least 4 members (excludes halogenated alkanes) is 4. The molecule has 0 atom stereocenters. The lowest BCUT2D eigenvalue weighted by Crippen LogP contribution is -2.30. The summed E-state index contributed by atoms with van der Waals surface area (Å²) in [6, 6.07) is 5.07. The summed E-state index contributed by atoms with van der Waals surface area (Å²) in [4.78, 5) is 12.7. The number of halogens is 1. The highest BCUT2D eigenvalue weighted by molar-refractivity contribution is 5.75. The second kappa shape index (κ2) is 13.4. The highest BCUT2D eigenvalue weighted by atomic mass is 19.1. The molecule has 0 spiro atoms. The van der Waals surface area contributed by atoms with Gasteiger partial charge in [-0.05, 0) is 86.8 Å². The molecule has 2 saturated carbocycles. The van der Waals surface area contributed by atoms with Gasteiger partial charge in [0.05, 0.1) is 5.92 Å². The molecule has 2 fully saturated rings. The topological polar surface area (TPSA) is 26.3 Å². The summed E-state index contributed by atoms with van der Waals surface area (Å²) in [7, 11) is 0. The molecule has 0 aliphatic heterocycles. The molecule has 2 nitrogen and oxygen atoms in total. The maximum absolute atomic E-state index is 14.4. The van der Waals surface area contributed by atoms with Gasteiger partial charge in [0.15, 0.2) is 11.6 Å². The van der Waals surface area contributed by atoms with Crippen molar-refractivity contribution in [3.05, 3.63) is 29.6 Å². The predicted molar refractivity (Wildman–Crippen MR) is 130 cm³/mol. The van der Waals surface area contributed by atoms with Crippen LogP contribution in [0.5, 0.6) is 5.75 Å². The lowest BCUT2D eigenvalue weighted by molar-refractivity contribution is -0.140. The Balaban J connectivity index is 1.39. The Labute approximate surface area is 195 Å². The van der Waals surface area contributed by atoms with E-state index in [1.54, 1.807) is 6.07 Å². The third kappa shape index (κ3) is 7.59. The number of hydrogen-bond acceptors (Lipinski definition) is 2. The number of ether oxygens (including phenoxy) is 1. The second-order valence-corrected chi connectivity index (χ2v) is 10.5. The smallest absolute Gasteiger partial charge is 0.314 e. The van der Waals surface area contributed by atoms with Crippen molar-refractivity contribution in [2.24, 2.45) is 23.7 Å². The van der Waals surface area contributed by atoms with Crippen LogP contribution >= 0.6 is 0 Å². The second-order valence-electron chi connectivity index (χ2n) is 10.5. The van der Waals surface area contributed by atoms with Crippen molar-refractivity contribution in [3.8, 4) is 5.75 Å². The van der Waals surface area contributed by atoms with Crippen molar-refractivity contribution in [2.45, 2.75) is 117 Å². The normalized spacial score (nSPS) is 26.1. The molecule has 0 aromatic heterocycles. The van der Waals surface area contributed by atoms with Gasteiger partial charge in [-0.15, -0.1) is 0 Å². The van der Waals surface area contributed by atoms with Crippen LogP contribution in [-0.4, -0.2) is 5.97 Å². The Morgan fingerprint density at radius 3 is 2.12 bits per heavy atom. The maximum atomic E-state index is 14.4. The van der Waals surface area contributed by atoms with Crippen molar-refractivity contribution in [2.75, 3.05) is 0 Å². The van der Waals surface area contributed by atoms with E-state index in [4.69, 9.17) is 4.74 Å². The SMILES string of the molecule is CCCCCc1ccc(OC(=O)[C@H]2CC[C@H]([C@H]3CC[C@H](CCCCC)CC3)CC2)c(F)c1. The lowest BCUT2D eigenvalue weighted by Gasteiger charge is -2.37. The minimum Gasteiger partial charge on any atom is -0.423 e. The standard InChI is InChI=1S/C29H45FO2/c1-3-5-7-9-22-11-14-24(15-12-22)25-16-18-26(19-17-25)29(31)32-28-20-13-23(21-27(28)30)10-8-6-4-2/h13,20-22,24-26H,3-12,14-19H2,1-2H3/t22-,24-,25-,26-. The van der Waals surface area contributed by atoms with E-state index in [9.17, 15) is 9.18 Å². The van der Waals surface area contributed by atoms with Gasteiger partial charge < -0.3 is 4.74 Å². The molecule has 0 bridgehead atoms. The minimum atomic E-state index is -0.406. The summed E-state index contributed by atoms with van der Waals surface area (Å²) in [5, 5.41) is 0. The van der Waals surface area contributed by atoms with E-state index in [0.717, 1.165) is 74.7 Å². The zero-order chi connectivity index (χ0) is 22.8. The van der Waals surface area contributed by atoms with Crippen LogP contribution in [0.3, 0.4) is 0 Å². The minimum absolute atomic E-state index is 0.0692. The highest BCUT2D eigenvalue weighted by Crippen LogP contribution is 2.42. The fourth-order valence-corrected chi connectivity index (χ4v) is 6.01. The van der Waals surface area contributed by atoms with E-state index >= 15 is 0 Å². The molecule has 1 aromatic carbocycles. The summed E-state index contributed by atoms with van der Waals surface area (Å²) in [5.41, 5.74) is 0.983. The quantitative estimate of drug-likeness (QED) is 0.194. The van der Waals surface area contributed by atoms with Gasteiger partial charge in [0.2, 0.25) is 0 Å². The zero-order valence-electron chi connectivity index (χ0n) is 20.5. The van der Waals surface area contributed by atoms with Crippen molar-refractivity contribution < 1.29 is 13.9 Å². The van der Waals surface area contributed by atoms with Crippen LogP contribution in [0, 0.1) is 29.5 Å². The number of rotatable bonds is 11. The first-order valence-corrected chi connectivity index (χ1v) is 13.6. The van der Waals surface area contributed by atoms with Crippen LogP contribution in [-0.2, 0) is 11.2 Å². The lowest BCUT2D eigenvalue weighted by atomic mass is 9.68. The molecule has 3 rings (SSSR count). The summed E-state index contributed by atoms with van der Waals surface area (Å²) in [6.45, 7) is 4.45. The van der Waals surface area contributed by atoms with Gasteiger partial charge in [0.25, 0.3) is 0 Å². The molecule has 0 amide bonds. The fraction of sp³-hybridized carbons (Fsp3) is 0.759. The van der Waals surface area contributed by atoms with Gasteiger partial charge in [-0.1, -0.05) is 71.3 Å². The average Bonchev–Trinajstić information content (AvgIpc) is 2.82. The van der Waals surface area contributed by atoms with Gasteiger partial charge in [-0.3, -0.25) is 4.79 Å². The van der Waals surface area contributed by atoms with E-state index in [1.807, 2.05) is 6.07 Å². The number of esters is 1. The molecule has 2 aliphatic carbocycles. The predicted octanol–water partition coefficient (Wildman–Crippen LogP) is 8.66. The molecule has 180 valence electrons. The summed E-state index contributed by atoms with van der Waals surface area (Å²) in [5.74, 6) is 1.97. The molecule has 0 radical (unpaired) electrons. The summed E-state index contributed by atoms with van der Waals surface area (Å²) in [6.07, 6.45) is 19.4. The van der Waals surface area contributed by atoms with Crippen molar-refractivity contribution in [1.29, 1.82) is 0 Å². The van der Waals surface area contributed by atoms with Crippen LogP contribution in [0.25, 0.3) is 0 Å². The molecule has 0 saturated heterocycles. The Kier molecular flexibility index (Phi) is 10.5. The first-order chi connectivity index (χ1) is 15.6. The van der Waals surface area contributed by atoms with Crippen LogP contribution in [0.2, 0.25) is 0 Å². The third-order valence-corrected chi connectivity index (χ3v) is 8.16. The number of carbonyl (C=O) groups is 1. The number of aryl methyl sites for hydroxylation is 1. The number of carbonyl (C=O) groups excluding carboxylic acids is 1. The molecular formula is C29H45FO2. The van der Waals surface area contributed by atoms with Gasteiger partial charge in [-0.2, -0.15) is 0 Å². The summed E-state index contributed by atoms with van der Waals surface area (Å²) >= 11 is 0. The van der Waals surface area contributed by atoms with E-state index in [2.05, 4.69) is 13.8 Å². The zero-order valence-corrected chi connectivity index (χ0v) is 20.5. The number of benzene rings is 1. The van der Waals surface area contributed by atoms with E-state index in [1.165, 1.54) is 57.4 Å². The first kappa shape index (κ1) is 25.2. The maximum Gasteiger partial charge on any atom is 0.314 e.